The Morgan fingerprint density at radius 1 is 1.39 bits per heavy atom. The third-order valence-electron chi connectivity index (χ3n) is 2.43. The van der Waals surface area contributed by atoms with E-state index < -0.39 is 18.0 Å². The molecule has 0 bridgehead atoms. The molecule has 0 radical (unpaired) electrons. The van der Waals surface area contributed by atoms with E-state index in [1.54, 1.807) is 18.2 Å². The Hall–Kier alpha value is -2.08. The number of phenolic OH excluding ortho intramolecular Hbond substituents is 1. The minimum Gasteiger partial charge on any atom is -0.508 e. The van der Waals surface area contributed by atoms with Crippen molar-refractivity contribution in [2.45, 2.75) is 19.0 Å². The first-order valence-electron chi connectivity index (χ1n) is 5.34. The van der Waals surface area contributed by atoms with Crippen LogP contribution in [0.1, 0.15) is 12.0 Å². The second-order valence-electron chi connectivity index (χ2n) is 3.68. The number of aliphatic carboxylic acids is 1. The number of carbonyl (C=O) groups is 2. The zero-order valence-electron chi connectivity index (χ0n) is 9.92. The van der Waals surface area contributed by atoms with Crippen molar-refractivity contribution in [2.24, 2.45) is 0 Å². The standard InChI is InChI=1S/C12H15NO5/c1-18-11(15)6-9(12(16)17)13-7-8-4-2-3-5-10(8)14/h2-5,9,13-14H,6-7H2,1H3,(H,16,17). The van der Waals surface area contributed by atoms with Gasteiger partial charge in [-0.3, -0.25) is 14.9 Å². The van der Waals surface area contributed by atoms with Crippen molar-refractivity contribution in [3.05, 3.63) is 29.8 Å². The van der Waals surface area contributed by atoms with E-state index in [0.29, 0.717) is 5.56 Å². The van der Waals surface area contributed by atoms with E-state index >= 15 is 0 Å². The van der Waals surface area contributed by atoms with Gasteiger partial charge in [-0.15, -0.1) is 0 Å². The lowest BCUT2D eigenvalue weighted by atomic mass is 10.1. The molecule has 98 valence electrons. The Labute approximate surface area is 104 Å². The van der Waals surface area contributed by atoms with Crippen molar-refractivity contribution in [3.8, 4) is 5.75 Å². The Balaban J connectivity index is 2.60. The molecule has 0 spiro atoms. The largest absolute Gasteiger partial charge is 0.508 e. The zero-order valence-corrected chi connectivity index (χ0v) is 9.92. The van der Waals surface area contributed by atoms with E-state index in [1.165, 1.54) is 13.2 Å². The molecule has 0 aliphatic carbocycles. The predicted molar refractivity (Wildman–Crippen MR) is 63.0 cm³/mol. The minimum atomic E-state index is -1.14. The Bertz CT molecular complexity index is 432. The quantitative estimate of drug-likeness (QED) is 0.639. The number of nitrogens with one attached hydrogen (secondary N) is 1. The normalized spacial score (nSPS) is 11.8. The molecule has 0 aliphatic heterocycles. The Morgan fingerprint density at radius 3 is 2.61 bits per heavy atom. The first-order valence-corrected chi connectivity index (χ1v) is 5.34. The molecule has 1 aromatic rings. The lowest BCUT2D eigenvalue weighted by Crippen LogP contribution is -2.38. The van der Waals surface area contributed by atoms with Crippen LogP contribution in [-0.4, -0.2) is 35.3 Å². The van der Waals surface area contributed by atoms with Crippen molar-refractivity contribution in [3.63, 3.8) is 0 Å². The summed E-state index contributed by atoms with van der Waals surface area (Å²) in [6.07, 6.45) is -0.264. The molecule has 1 aromatic carbocycles. The number of carboxylic acids is 1. The van der Waals surface area contributed by atoms with Crippen LogP contribution in [0.3, 0.4) is 0 Å². The van der Waals surface area contributed by atoms with Crippen molar-refractivity contribution in [1.82, 2.24) is 5.32 Å². The molecular formula is C12H15NO5. The number of para-hydroxylation sites is 1. The lowest BCUT2D eigenvalue weighted by molar-refractivity contribution is -0.147. The summed E-state index contributed by atoms with van der Waals surface area (Å²) < 4.78 is 4.41. The van der Waals surface area contributed by atoms with Gasteiger partial charge >= 0.3 is 11.9 Å². The average Bonchev–Trinajstić information content (AvgIpc) is 2.35. The Kier molecular flexibility index (Phi) is 5.13. The topological polar surface area (TPSA) is 95.9 Å². The van der Waals surface area contributed by atoms with Crippen molar-refractivity contribution in [2.75, 3.05) is 7.11 Å². The van der Waals surface area contributed by atoms with Crippen molar-refractivity contribution < 1.29 is 24.5 Å². The van der Waals surface area contributed by atoms with Crippen LogP contribution in [0, 0.1) is 0 Å². The van der Waals surface area contributed by atoms with Gasteiger partial charge in [-0.25, -0.2) is 0 Å². The van der Waals surface area contributed by atoms with E-state index in [-0.39, 0.29) is 18.7 Å². The number of methoxy groups -OCH3 is 1. The summed E-state index contributed by atoms with van der Waals surface area (Å²) in [5.41, 5.74) is 0.564. The highest BCUT2D eigenvalue weighted by Gasteiger charge is 2.21. The number of aromatic hydroxyl groups is 1. The van der Waals surface area contributed by atoms with Crippen LogP contribution < -0.4 is 5.32 Å². The van der Waals surface area contributed by atoms with Gasteiger partial charge in [-0.1, -0.05) is 18.2 Å². The van der Waals surface area contributed by atoms with Gasteiger partial charge in [0.1, 0.15) is 11.8 Å². The maximum atomic E-state index is 11.0. The number of carbonyl (C=O) groups excluding carboxylic acids is 1. The number of benzene rings is 1. The van der Waals surface area contributed by atoms with Gasteiger partial charge < -0.3 is 14.9 Å². The highest BCUT2D eigenvalue weighted by molar-refractivity contribution is 5.81. The van der Waals surface area contributed by atoms with E-state index in [9.17, 15) is 14.7 Å². The Morgan fingerprint density at radius 2 is 2.06 bits per heavy atom. The van der Waals surface area contributed by atoms with Crippen LogP contribution in [0.4, 0.5) is 0 Å². The fraction of sp³-hybridized carbons (Fsp3) is 0.333. The molecule has 0 saturated heterocycles. The van der Waals surface area contributed by atoms with Gasteiger partial charge in [0.2, 0.25) is 0 Å². The second-order valence-corrected chi connectivity index (χ2v) is 3.68. The van der Waals surface area contributed by atoms with Crippen LogP contribution in [0.2, 0.25) is 0 Å². The van der Waals surface area contributed by atoms with Gasteiger partial charge in [0.15, 0.2) is 0 Å². The molecule has 0 saturated carbocycles. The van der Waals surface area contributed by atoms with Gasteiger partial charge in [0.25, 0.3) is 0 Å². The van der Waals surface area contributed by atoms with E-state index in [4.69, 9.17) is 5.11 Å². The molecule has 6 nitrogen and oxygen atoms in total. The summed E-state index contributed by atoms with van der Waals surface area (Å²) in [6.45, 7) is 0.153. The molecular weight excluding hydrogens is 238 g/mol. The third kappa shape index (κ3) is 4.06. The van der Waals surface area contributed by atoms with Crippen LogP contribution in [0.25, 0.3) is 0 Å². The van der Waals surface area contributed by atoms with Crippen molar-refractivity contribution >= 4 is 11.9 Å². The predicted octanol–water partition coefficient (Wildman–Crippen LogP) is 0.498. The molecule has 1 unspecified atom stereocenters. The molecule has 0 heterocycles. The third-order valence-corrected chi connectivity index (χ3v) is 2.43. The maximum Gasteiger partial charge on any atom is 0.321 e. The van der Waals surface area contributed by atoms with E-state index in [0.717, 1.165) is 0 Å². The molecule has 18 heavy (non-hydrogen) atoms. The second kappa shape index (κ2) is 6.61. The number of esters is 1. The summed E-state index contributed by atoms with van der Waals surface area (Å²) >= 11 is 0. The van der Waals surface area contributed by atoms with Crippen LogP contribution >= 0.6 is 0 Å². The molecule has 0 fully saturated rings. The highest BCUT2D eigenvalue weighted by Crippen LogP contribution is 2.15. The molecule has 3 N–H and O–H groups in total. The molecule has 0 aromatic heterocycles. The smallest absolute Gasteiger partial charge is 0.321 e. The summed E-state index contributed by atoms with van der Waals surface area (Å²) in [5.74, 6) is -1.67. The van der Waals surface area contributed by atoms with Crippen LogP contribution in [0.5, 0.6) is 5.75 Å². The highest BCUT2D eigenvalue weighted by atomic mass is 16.5. The number of hydrogen-bond donors (Lipinski definition) is 3. The maximum absolute atomic E-state index is 11.0. The molecule has 1 rings (SSSR count). The number of phenols is 1. The van der Waals surface area contributed by atoms with E-state index in [2.05, 4.69) is 10.1 Å². The summed E-state index contributed by atoms with van der Waals surface area (Å²) in [5, 5.41) is 21.1. The molecule has 0 aliphatic rings. The number of hydrogen-bond acceptors (Lipinski definition) is 5. The summed E-state index contributed by atoms with van der Waals surface area (Å²) in [4.78, 5) is 22.0. The molecule has 0 amide bonds. The molecule has 6 heteroatoms. The van der Waals surface area contributed by atoms with Crippen molar-refractivity contribution in [1.29, 1.82) is 0 Å². The van der Waals surface area contributed by atoms with Crippen LogP contribution in [0.15, 0.2) is 24.3 Å². The monoisotopic (exact) mass is 253 g/mol. The fourth-order valence-corrected chi connectivity index (χ4v) is 1.39. The molecule has 1 atom stereocenters. The first kappa shape index (κ1) is 14.0. The van der Waals surface area contributed by atoms with Gasteiger partial charge in [-0.05, 0) is 6.07 Å². The fourth-order valence-electron chi connectivity index (χ4n) is 1.39. The first-order chi connectivity index (χ1) is 8.54. The summed E-state index contributed by atoms with van der Waals surface area (Å²) in [7, 11) is 1.20. The summed E-state index contributed by atoms with van der Waals surface area (Å²) in [6, 6.07) is 5.53. The minimum absolute atomic E-state index is 0.0761. The lowest BCUT2D eigenvalue weighted by Gasteiger charge is -2.13. The number of rotatable bonds is 6. The van der Waals surface area contributed by atoms with Gasteiger partial charge in [0.05, 0.1) is 13.5 Å². The number of carboxylic acid groups (broad SMARTS) is 1. The van der Waals surface area contributed by atoms with Gasteiger partial charge in [-0.2, -0.15) is 0 Å². The zero-order chi connectivity index (χ0) is 13.5. The number of ether oxygens (including phenoxy) is 1. The van der Waals surface area contributed by atoms with Gasteiger partial charge in [0, 0.05) is 12.1 Å². The van der Waals surface area contributed by atoms with E-state index in [1.807, 2.05) is 0 Å². The SMILES string of the molecule is COC(=O)CC(NCc1ccccc1O)C(=O)O. The van der Waals surface area contributed by atoms with Crippen LogP contribution in [-0.2, 0) is 20.9 Å². The average molecular weight is 253 g/mol.